The zero-order valence-electron chi connectivity index (χ0n) is 10.7. The van der Waals surface area contributed by atoms with Gasteiger partial charge in [-0.2, -0.15) is 0 Å². The van der Waals surface area contributed by atoms with E-state index < -0.39 is 5.97 Å². The van der Waals surface area contributed by atoms with Crippen LogP contribution < -0.4 is 0 Å². The maximum atomic E-state index is 11.0. The normalized spacial score (nSPS) is 20.2. The van der Waals surface area contributed by atoms with Crippen molar-refractivity contribution >= 4 is 5.97 Å². The number of fused-ring (bicyclic) bond motifs is 1. The Kier molecular flexibility index (Phi) is 3.11. The fourth-order valence-electron chi connectivity index (χ4n) is 3.23. The first-order valence-electron chi connectivity index (χ1n) is 7.07. The lowest BCUT2D eigenvalue weighted by Gasteiger charge is -2.20. The predicted molar refractivity (Wildman–Crippen MR) is 70.8 cm³/mol. The maximum absolute atomic E-state index is 11.0. The van der Waals surface area contributed by atoms with Crippen LogP contribution in [0.1, 0.15) is 54.7 Å². The Bertz CT molecular complexity index is 460. The van der Waals surface area contributed by atoms with E-state index in [4.69, 9.17) is 5.11 Å². The van der Waals surface area contributed by atoms with Gasteiger partial charge in [0.25, 0.3) is 0 Å². The van der Waals surface area contributed by atoms with Crippen LogP contribution in [0.5, 0.6) is 0 Å². The van der Waals surface area contributed by atoms with E-state index in [-0.39, 0.29) is 5.92 Å². The first-order chi connectivity index (χ1) is 8.74. The van der Waals surface area contributed by atoms with Crippen molar-refractivity contribution in [3.63, 3.8) is 0 Å². The monoisotopic (exact) mass is 244 g/mol. The fraction of sp³-hybridized carbons (Fsp3) is 0.562. The molecule has 18 heavy (non-hydrogen) atoms. The van der Waals surface area contributed by atoms with E-state index in [1.807, 2.05) is 0 Å². The van der Waals surface area contributed by atoms with Gasteiger partial charge in [-0.05, 0) is 67.1 Å². The van der Waals surface area contributed by atoms with Crippen LogP contribution in [0.25, 0.3) is 0 Å². The molecule has 1 aromatic carbocycles. The first-order valence-corrected chi connectivity index (χ1v) is 7.07. The largest absolute Gasteiger partial charge is 0.481 e. The third kappa shape index (κ3) is 2.43. The summed E-state index contributed by atoms with van der Waals surface area (Å²) in [6, 6.07) is 6.71. The van der Waals surface area contributed by atoms with Crippen LogP contribution in [0.2, 0.25) is 0 Å². The van der Waals surface area contributed by atoms with Crippen LogP contribution in [0.3, 0.4) is 0 Å². The second-order valence-corrected chi connectivity index (χ2v) is 5.78. The Balaban J connectivity index is 1.87. The molecule has 1 unspecified atom stereocenters. The summed E-state index contributed by atoms with van der Waals surface area (Å²) >= 11 is 0. The van der Waals surface area contributed by atoms with Crippen LogP contribution in [0.4, 0.5) is 0 Å². The number of hydrogen-bond donors (Lipinski definition) is 1. The zero-order valence-corrected chi connectivity index (χ0v) is 10.7. The van der Waals surface area contributed by atoms with Crippen molar-refractivity contribution in [3.8, 4) is 0 Å². The maximum Gasteiger partial charge on any atom is 0.303 e. The lowest BCUT2D eigenvalue weighted by molar-refractivity contribution is -0.137. The van der Waals surface area contributed by atoms with Gasteiger partial charge < -0.3 is 5.11 Å². The summed E-state index contributed by atoms with van der Waals surface area (Å²) in [4.78, 5) is 11.0. The van der Waals surface area contributed by atoms with Gasteiger partial charge >= 0.3 is 5.97 Å². The average molecular weight is 244 g/mol. The van der Waals surface area contributed by atoms with E-state index in [2.05, 4.69) is 18.2 Å². The molecule has 2 nitrogen and oxygen atoms in total. The molecular formula is C16H20O2. The average Bonchev–Trinajstić information content (AvgIpc) is 3.19. The SMILES string of the molecule is O=C(O)CC(c1ccc2c(c1)CCCC2)C1CC1. The highest BCUT2D eigenvalue weighted by Crippen LogP contribution is 2.45. The van der Waals surface area contributed by atoms with Gasteiger partial charge in [0.2, 0.25) is 0 Å². The van der Waals surface area contributed by atoms with Crippen molar-refractivity contribution in [3.05, 3.63) is 34.9 Å². The quantitative estimate of drug-likeness (QED) is 0.879. The summed E-state index contributed by atoms with van der Waals surface area (Å²) in [5.41, 5.74) is 4.21. The summed E-state index contributed by atoms with van der Waals surface area (Å²) in [6.45, 7) is 0. The second-order valence-electron chi connectivity index (χ2n) is 5.78. The molecule has 2 aliphatic rings. The number of benzene rings is 1. The molecule has 1 N–H and O–H groups in total. The molecule has 1 atom stereocenters. The number of rotatable bonds is 4. The van der Waals surface area contributed by atoms with E-state index in [1.54, 1.807) is 0 Å². The van der Waals surface area contributed by atoms with Crippen molar-refractivity contribution in [2.75, 3.05) is 0 Å². The van der Waals surface area contributed by atoms with E-state index in [0.717, 1.165) is 0 Å². The van der Waals surface area contributed by atoms with Gasteiger partial charge in [-0.1, -0.05) is 18.2 Å². The van der Waals surface area contributed by atoms with Crippen LogP contribution in [-0.2, 0) is 17.6 Å². The molecule has 96 valence electrons. The summed E-state index contributed by atoms with van der Waals surface area (Å²) in [6.07, 6.45) is 7.65. The number of carboxylic acid groups (broad SMARTS) is 1. The summed E-state index contributed by atoms with van der Waals surface area (Å²) < 4.78 is 0. The Morgan fingerprint density at radius 1 is 1.22 bits per heavy atom. The smallest absolute Gasteiger partial charge is 0.303 e. The fourth-order valence-corrected chi connectivity index (χ4v) is 3.23. The number of carboxylic acids is 1. The van der Waals surface area contributed by atoms with Crippen molar-refractivity contribution in [2.24, 2.45) is 5.92 Å². The highest BCUT2D eigenvalue weighted by molar-refractivity contribution is 5.68. The van der Waals surface area contributed by atoms with Gasteiger partial charge in [0.15, 0.2) is 0 Å². The van der Waals surface area contributed by atoms with E-state index in [1.165, 1.54) is 55.2 Å². The van der Waals surface area contributed by atoms with Gasteiger partial charge in [-0.25, -0.2) is 0 Å². The Morgan fingerprint density at radius 2 is 1.94 bits per heavy atom. The number of carbonyl (C=O) groups is 1. The van der Waals surface area contributed by atoms with Gasteiger partial charge in [0.05, 0.1) is 6.42 Å². The minimum Gasteiger partial charge on any atom is -0.481 e. The van der Waals surface area contributed by atoms with Gasteiger partial charge in [0.1, 0.15) is 0 Å². The zero-order chi connectivity index (χ0) is 12.5. The van der Waals surface area contributed by atoms with E-state index in [9.17, 15) is 4.79 Å². The van der Waals surface area contributed by atoms with Crippen LogP contribution in [-0.4, -0.2) is 11.1 Å². The summed E-state index contributed by atoms with van der Waals surface area (Å²) in [5.74, 6) is 0.196. The Hall–Kier alpha value is -1.31. The molecule has 0 heterocycles. The van der Waals surface area contributed by atoms with Crippen molar-refractivity contribution in [1.82, 2.24) is 0 Å². The van der Waals surface area contributed by atoms with Crippen LogP contribution >= 0.6 is 0 Å². The lowest BCUT2D eigenvalue weighted by Crippen LogP contribution is -2.10. The van der Waals surface area contributed by atoms with E-state index >= 15 is 0 Å². The molecule has 2 heteroatoms. The minimum atomic E-state index is -0.662. The standard InChI is InChI=1S/C16H20O2/c17-16(18)10-15(12-6-7-12)14-8-5-11-3-1-2-4-13(11)9-14/h5,8-9,12,15H,1-4,6-7,10H2,(H,17,18). The molecule has 0 aromatic heterocycles. The molecular weight excluding hydrogens is 224 g/mol. The highest BCUT2D eigenvalue weighted by atomic mass is 16.4. The molecule has 0 radical (unpaired) electrons. The lowest BCUT2D eigenvalue weighted by atomic mass is 9.85. The van der Waals surface area contributed by atoms with Crippen molar-refractivity contribution < 1.29 is 9.90 Å². The van der Waals surface area contributed by atoms with Crippen molar-refractivity contribution in [1.29, 1.82) is 0 Å². The van der Waals surface area contributed by atoms with Gasteiger partial charge in [-0.15, -0.1) is 0 Å². The molecule has 0 spiro atoms. The topological polar surface area (TPSA) is 37.3 Å². The molecule has 1 fully saturated rings. The second kappa shape index (κ2) is 4.75. The third-order valence-corrected chi connectivity index (χ3v) is 4.39. The molecule has 0 bridgehead atoms. The summed E-state index contributed by atoms with van der Waals surface area (Å²) in [7, 11) is 0. The Labute approximate surface area is 108 Å². The molecule has 1 aromatic rings. The Morgan fingerprint density at radius 3 is 2.61 bits per heavy atom. The summed E-state index contributed by atoms with van der Waals surface area (Å²) in [5, 5.41) is 9.06. The number of aryl methyl sites for hydroxylation is 2. The number of hydrogen-bond acceptors (Lipinski definition) is 1. The van der Waals surface area contributed by atoms with Crippen LogP contribution in [0.15, 0.2) is 18.2 Å². The van der Waals surface area contributed by atoms with Crippen molar-refractivity contribution in [2.45, 2.75) is 50.9 Å². The van der Waals surface area contributed by atoms with Gasteiger partial charge in [0, 0.05) is 0 Å². The van der Waals surface area contributed by atoms with Gasteiger partial charge in [-0.3, -0.25) is 4.79 Å². The molecule has 1 saturated carbocycles. The number of aliphatic carboxylic acids is 1. The van der Waals surface area contributed by atoms with E-state index in [0.29, 0.717) is 12.3 Å². The van der Waals surface area contributed by atoms with Crippen LogP contribution in [0, 0.1) is 5.92 Å². The first kappa shape index (κ1) is 11.8. The molecule has 2 aliphatic carbocycles. The third-order valence-electron chi connectivity index (χ3n) is 4.39. The molecule has 0 aliphatic heterocycles. The minimum absolute atomic E-state index is 0.245. The molecule has 0 amide bonds. The molecule has 3 rings (SSSR count). The highest BCUT2D eigenvalue weighted by Gasteiger charge is 2.34. The predicted octanol–water partition coefficient (Wildman–Crippen LogP) is 3.53. The molecule has 0 saturated heterocycles.